The highest BCUT2D eigenvalue weighted by molar-refractivity contribution is 5.27. The number of benzene rings is 1. The van der Waals surface area contributed by atoms with Gasteiger partial charge in [0.2, 0.25) is 6.04 Å². The Labute approximate surface area is 101 Å². The Kier molecular flexibility index (Phi) is 4.90. The zero-order chi connectivity index (χ0) is 12.8. The summed E-state index contributed by atoms with van der Waals surface area (Å²) in [6.45, 7) is 0.443. The fraction of sp³-hybridized carbons (Fsp3) is 0.500. The predicted octanol–water partition coefficient (Wildman–Crippen LogP) is 1.44. The molecule has 1 aromatic carbocycles. The van der Waals surface area contributed by atoms with Crippen molar-refractivity contribution in [1.29, 1.82) is 0 Å². The van der Waals surface area contributed by atoms with Gasteiger partial charge in [0, 0.05) is 11.3 Å². The molecule has 0 amide bonds. The van der Waals surface area contributed by atoms with Gasteiger partial charge in [-0.3, -0.25) is 10.1 Å². The standard InChI is InChI=1S/C12H18N2O3/c1-13(2)9-11(14(15)16)8-10-4-6-12(17-3)7-5-10/h4-7,11H,8-9H2,1-3H3/t11-/m1/s1. The number of hydrogen-bond acceptors (Lipinski definition) is 4. The van der Waals surface area contributed by atoms with E-state index in [-0.39, 0.29) is 4.92 Å². The van der Waals surface area contributed by atoms with E-state index in [4.69, 9.17) is 4.74 Å². The van der Waals surface area contributed by atoms with Crippen LogP contribution in [0, 0.1) is 10.1 Å². The summed E-state index contributed by atoms with van der Waals surface area (Å²) >= 11 is 0. The van der Waals surface area contributed by atoms with Gasteiger partial charge in [-0.1, -0.05) is 12.1 Å². The Bertz CT molecular complexity index is 363. The van der Waals surface area contributed by atoms with Crippen LogP contribution in [0.2, 0.25) is 0 Å². The van der Waals surface area contributed by atoms with Gasteiger partial charge in [-0.15, -0.1) is 0 Å². The van der Waals surface area contributed by atoms with Crippen LogP contribution in [0.4, 0.5) is 0 Å². The van der Waals surface area contributed by atoms with Crippen LogP contribution in [0.1, 0.15) is 5.56 Å². The van der Waals surface area contributed by atoms with Gasteiger partial charge in [0.1, 0.15) is 5.75 Å². The minimum Gasteiger partial charge on any atom is -0.497 e. The van der Waals surface area contributed by atoms with Crippen LogP contribution in [0.3, 0.4) is 0 Å². The SMILES string of the molecule is COc1ccc(C[C@H](CN(C)C)[N+](=O)[O-])cc1. The third-order valence-electron chi connectivity index (χ3n) is 2.50. The Morgan fingerprint density at radius 2 is 1.94 bits per heavy atom. The maximum absolute atomic E-state index is 10.9. The molecule has 1 rings (SSSR count). The number of hydrogen-bond donors (Lipinski definition) is 0. The first-order valence-corrected chi connectivity index (χ1v) is 5.44. The van der Waals surface area contributed by atoms with Crippen molar-refractivity contribution in [2.24, 2.45) is 0 Å². The van der Waals surface area contributed by atoms with E-state index < -0.39 is 6.04 Å². The third-order valence-corrected chi connectivity index (χ3v) is 2.50. The molecule has 0 radical (unpaired) electrons. The van der Waals surface area contributed by atoms with E-state index in [0.717, 1.165) is 11.3 Å². The fourth-order valence-corrected chi connectivity index (χ4v) is 1.66. The summed E-state index contributed by atoms with van der Waals surface area (Å²) in [5, 5.41) is 10.9. The van der Waals surface area contributed by atoms with Crippen LogP contribution in [0.15, 0.2) is 24.3 Å². The number of ether oxygens (including phenoxy) is 1. The second kappa shape index (κ2) is 6.20. The first kappa shape index (κ1) is 13.4. The topological polar surface area (TPSA) is 55.6 Å². The molecule has 5 nitrogen and oxygen atoms in total. The molecule has 1 atom stereocenters. The molecule has 0 N–H and O–H groups in total. The lowest BCUT2D eigenvalue weighted by Crippen LogP contribution is -2.34. The smallest absolute Gasteiger partial charge is 0.229 e. The van der Waals surface area contributed by atoms with E-state index in [9.17, 15) is 10.1 Å². The summed E-state index contributed by atoms with van der Waals surface area (Å²) in [6.07, 6.45) is 0.440. The molecule has 0 bridgehead atoms. The Hall–Kier alpha value is -1.62. The molecule has 0 saturated heterocycles. The molecule has 0 aliphatic carbocycles. The van der Waals surface area contributed by atoms with E-state index in [2.05, 4.69) is 0 Å². The minimum absolute atomic E-state index is 0.218. The zero-order valence-corrected chi connectivity index (χ0v) is 10.4. The normalized spacial score (nSPS) is 12.5. The lowest BCUT2D eigenvalue weighted by molar-refractivity contribution is -0.522. The van der Waals surface area contributed by atoms with Gasteiger partial charge in [-0.2, -0.15) is 0 Å². The molecule has 5 heteroatoms. The maximum Gasteiger partial charge on any atom is 0.229 e. The van der Waals surface area contributed by atoms with Crippen molar-refractivity contribution >= 4 is 0 Å². The van der Waals surface area contributed by atoms with Crippen molar-refractivity contribution in [1.82, 2.24) is 4.90 Å². The van der Waals surface area contributed by atoms with Crippen molar-refractivity contribution in [3.8, 4) is 5.75 Å². The summed E-state index contributed by atoms with van der Waals surface area (Å²) < 4.78 is 5.04. The Morgan fingerprint density at radius 1 is 1.35 bits per heavy atom. The highest BCUT2D eigenvalue weighted by atomic mass is 16.6. The molecule has 17 heavy (non-hydrogen) atoms. The number of nitrogens with zero attached hydrogens (tertiary/aromatic N) is 2. The monoisotopic (exact) mass is 238 g/mol. The average Bonchev–Trinajstić information content (AvgIpc) is 2.28. The van der Waals surface area contributed by atoms with E-state index in [1.165, 1.54) is 0 Å². The summed E-state index contributed by atoms with van der Waals surface area (Å²) in [7, 11) is 5.27. The second-order valence-electron chi connectivity index (χ2n) is 4.25. The molecule has 94 valence electrons. The lowest BCUT2D eigenvalue weighted by atomic mass is 10.1. The maximum atomic E-state index is 10.9. The molecule has 0 aliphatic rings. The number of methoxy groups -OCH3 is 1. The molecule has 0 heterocycles. The van der Waals surface area contributed by atoms with E-state index in [1.807, 2.05) is 43.3 Å². The molecule has 0 aliphatic heterocycles. The highest BCUT2D eigenvalue weighted by Gasteiger charge is 2.21. The lowest BCUT2D eigenvalue weighted by Gasteiger charge is -2.14. The number of nitro groups is 1. The zero-order valence-electron chi connectivity index (χ0n) is 10.4. The van der Waals surface area contributed by atoms with Crippen LogP contribution in [0.25, 0.3) is 0 Å². The van der Waals surface area contributed by atoms with Crippen LogP contribution in [0.5, 0.6) is 5.75 Å². The second-order valence-corrected chi connectivity index (χ2v) is 4.25. The molecule has 0 unspecified atom stereocenters. The van der Waals surface area contributed by atoms with Crippen LogP contribution in [-0.2, 0) is 6.42 Å². The molecule has 1 aromatic rings. The van der Waals surface area contributed by atoms with Gasteiger partial charge in [-0.05, 0) is 31.8 Å². The summed E-state index contributed by atoms with van der Waals surface area (Å²) in [5.74, 6) is 0.763. The summed E-state index contributed by atoms with van der Waals surface area (Å²) in [4.78, 5) is 12.5. The van der Waals surface area contributed by atoms with Crippen molar-refractivity contribution in [2.75, 3.05) is 27.7 Å². The van der Waals surface area contributed by atoms with Gasteiger partial charge in [0.25, 0.3) is 0 Å². The third kappa shape index (κ3) is 4.40. The number of likely N-dealkylation sites (N-methyl/N-ethyl adjacent to an activating group) is 1. The average molecular weight is 238 g/mol. The van der Waals surface area contributed by atoms with Gasteiger partial charge < -0.3 is 9.64 Å². The van der Waals surface area contributed by atoms with Gasteiger partial charge in [-0.25, -0.2) is 0 Å². The molecule has 0 fully saturated rings. The van der Waals surface area contributed by atoms with Crippen molar-refractivity contribution in [3.63, 3.8) is 0 Å². The van der Waals surface area contributed by atoms with Gasteiger partial charge in [0.15, 0.2) is 0 Å². The first-order chi connectivity index (χ1) is 8.02. The predicted molar refractivity (Wildman–Crippen MR) is 66.0 cm³/mol. The largest absolute Gasteiger partial charge is 0.497 e. The quantitative estimate of drug-likeness (QED) is 0.556. The van der Waals surface area contributed by atoms with Crippen LogP contribution in [-0.4, -0.2) is 43.6 Å². The molecular weight excluding hydrogens is 220 g/mol. The van der Waals surface area contributed by atoms with E-state index in [0.29, 0.717) is 13.0 Å². The van der Waals surface area contributed by atoms with Gasteiger partial charge in [0.05, 0.1) is 13.7 Å². The first-order valence-electron chi connectivity index (χ1n) is 5.44. The van der Waals surface area contributed by atoms with Crippen molar-refractivity contribution in [2.45, 2.75) is 12.5 Å². The fourth-order valence-electron chi connectivity index (χ4n) is 1.66. The number of rotatable bonds is 6. The van der Waals surface area contributed by atoms with Crippen LogP contribution >= 0.6 is 0 Å². The van der Waals surface area contributed by atoms with Gasteiger partial charge >= 0.3 is 0 Å². The Balaban J connectivity index is 2.68. The Morgan fingerprint density at radius 3 is 2.35 bits per heavy atom. The minimum atomic E-state index is -0.571. The highest BCUT2D eigenvalue weighted by Crippen LogP contribution is 2.13. The summed E-state index contributed by atoms with van der Waals surface area (Å²) in [5.41, 5.74) is 0.953. The van der Waals surface area contributed by atoms with Crippen molar-refractivity contribution < 1.29 is 9.66 Å². The van der Waals surface area contributed by atoms with Crippen LogP contribution < -0.4 is 4.74 Å². The van der Waals surface area contributed by atoms with Crippen molar-refractivity contribution in [3.05, 3.63) is 39.9 Å². The van der Waals surface area contributed by atoms with E-state index in [1.54, 1.807) is 7.11 Å². The summed E-state index contributed by atoms with van der Waals surface area (Å²) in [6, 6.07) is 6.80. The molecule has 0 aromatic heterocycles. The molecule has 0 spiro atoms. The molecule has 0 saturated carbocycles. The molecular formula is C12H18N2O3. The van der Waals surface area contributed by atoms with E-state index >= 15 is 0 Å².